The first-order valence-electron chi connectivity index (χ1n) is 4.69. The molecule has 72 valence electrons. The zero-order valence-electron chi connectivity index (χ0n) is 8.07. The van der Waals surface area contributed by atoms with E-state index in [0.29, 0.717) is 6.42 Å². The lowest BCUT2D eigenvalue weighted by Crippen LogP contribution is -1.97. The van der Waals surface area contributed by atoms with Crippen LogP contribution in [0.4, 0.5) is 0 Å². The Morgan fingerprint density at radius 1 is 1.20 bits per heavy atom. The van der Waals surface area contributed by atoms with Gasteiger partial charge in [0.15, 0.2) is 0 Å². The first kappa shape index (κ1) is 9.30. The first-order chi connectivity index (χ1) is 7.33. The van der Waals surface area contributed by atoms with Gasteiger partial charge in [0.25, 0.3) is 0 Å². The minimum Gasteiger partial charge on any atom is -0.361 e. The number of fused-ring (bicyclic) bond motifs is 1. The van der Waals surface area contributed by atoms with Crippen molar-refractivity contribution < 1.29 is 0 Å². The molecule has 1 aromatic carbocycles. The van der Waals surface area contributed by atoms with Crippen molar-refractivity contribution in [3.8, 4) is 12.1 Å². The van der Waals surface area contributed by atoms with Crippen molar-refractivity contribution in [1.29, 1.82) is 10.5 Å². The van der Waals surface area contributed by atoms with E-state index in [1.54, 1.807) is 0 Å². The van der Waals surface area contributed by atoms with Gasteiger partial charge in [-0.25, -0.2) is 0 Å². The molecule has 3 nitrogen and oxygen atoms in total. The molecule has 0 aliphatic carbocycles. The molecule has 0 unspecified atom stereocenters. The molecule has 0 aliphatic rings. The van der Waals surface area contributed by atoms with Crippen LogP contribution in [0, 0.1) is 28.6 Å². The molecule has 1 N–H and O–H groups in total. The normalized spacial score (nSPS) is 10.1. The van der Waals surface area contributed by atoms with Crippen LogP contribution < -0.4 is 0 Å². The third-order valence-electron chi connectivity index (χ3n) is 2.37. The molecular formula is C12H9N3. The Kier molecular flexibility index (Phi) is 2.39. The zero-order chi connectivity index (χ0) is 10.7. The molecule has 3 heteroatoms. The molecule has 0 saturated carbocycles. The summed E-state index contributed by atoms with van der Waals surface area (Å²) >= 11 is 0. The van der Waals surface area contributed by atoms with E-state index in [-0.39, 0.29) is 0 Å². The van der Waals surface area contributed by atoms with E-state index < -0.39 is 5.92 Å². The van der Waals surface area contributed by atoms with Crippen LogP contribution in [-0.4, -0.2) is 4.98 Å². The van der Waals surface area contributed by atoms with Gasteiger partial charge in [0.05, 0.1) is 12.1 Å². The van der Waals surface area contributed by atoms with Crippen LogP contribution in [0.3, 0.4) is 0 Å². The Labute approximate surface area is 87.6 Å². The number of aromatic amines is 1. The van der Waals surface area contributed by atoms with Gasteiger partial charge >= 0.3 is 0 Å². The molecule has 0 radical (unpaired) electrons. The van der Waals surface area contributed by atoms with Crippen molar-refractivity contribution in [1.82, 2.24) is 4.98 Å². The van der Waals surface area contributed by atoms with Gasteiger partial charge in [0, 0.05) is 18.1 Å². The lowest BCUT2D eigenvalue weighted by molar-refractivity contribution is 0.835. The molecule has 0 aliphatic heterocycles. The van der Waals surface area contributed by atoms with Crippen LogP contribution in [-0.2, 0) is 6.42 Å². The highest BCUT2D eigenvalue weighted by Crippen LogP contribution is 2.16. The molecule has 15 heavy (non-hydrogen) atoms. The van der Waals surface area contributed by atoms with Gasteiger partial charge in [-0.15, -0.1) is 0 Å². The van der Waals surface area contributed by atoms with Crippen LogP contribution in [0.5, 0.6) is 0 Å². The van der Waals surface area contributed by atoms with Crippen LogP contribution in [0.2, 0.25) is 0 Å². The summed E-state index contributed by atoms with van der Waals surface area (Å²) in [6.07, 6.45) is 2.36. The number of hydrogen-bond donors (Lipinski definition) is 1. The first-order valence-corrected chi connectivity index (χ1v) is 4.69. The average Bonchev–Trinajstić information content (AvgIpc) is 2.73. The fourth-order valence-electron chi connectivity index (χ4n) is 1.58. The third kappa shape index (κ3) is 1.82. The number of H-pyrrole nitrogens is 1. The van der Waals surface area contributed by atoms with Gasteiger partial charge in [0.1, 0.15) is 5.92 Å². The van der Waals surface area contributed by atoms with Gasteiger partial charge in [-0.05, 0) is 23.1 Å². The standard InChI is InChI=1S/C12H9N3/c13-7-10(8-14)5-9-1-2-11-3-4-15-12(11)6-9/h1-4,6,10,15H,5H2. The summed E-state index contributed by atoms with van der Waals surface area (Å²) < 4.78 is 0. The molecule has 0 amide bonds. The summed E-state index contributed by atoms with van der Waals surface area (Å²) in [7, 11) is 0. The van der Waals surface area contributed by atoms with Gasteiger partial charge in [-0.2, -0.15) is 10.5 Å². The van der Waals surface area contributed by atoms with Crippen molar-refractivity contribution in [2.24, 2.45) is 5.92 Å². The maximum atomic E-state index is 8.68. The van der Waals surface area contributed by atoms with E-state index in [1.165, 1.54) is 0 Å². The minimum atomic E-state index is -0.558. The molecule has 2 rings (SSSR count). The summed E-state index contributed by atoms with van der Waals surface area (Å²) in [6.45, 7) is 0. The highest BCUT2D eigenvalue weighted by Gasteiger charge is 2.07. The number of nitrogens with one attached hydrogen (secondary N) is 1. The van der Waals surface area contributed by atoms with E-state index in [4.69, 9.17) is 10.5 Å². The number of rotatable bonds is 2. The van der Waals surface area contributed by atoms with Crippen LogP contribution >= 0.6 is 0 Å². The summed E-state index contributed by atoms with van der Waals surface area (Å²) in [4.78, 5) is 3.10. The van der Waals surface area contributed by atoms with E-state index in [0.717, 1.165) is 16.5 Å². The largest absolute Gasteiger partial charge is 0.361 e. The Bertz CT molecular complexity index is 540. The lowest BCUT2D eigenvalue weighted by atomic mass is 10.0. The molecule has 0 bridgehead atoms. The second-order valence-corrected chi connectivity index (χ2v) is 3.41. The van der Waals surface area contributed by atoms with Crippen LogP contribution in [0.15, 0.2) is 30.5 Å². The van der Waals surface area contributed by atoms with E-state index in [9.17, 15) is 0 Å². The Morgan fingerprint density at radius 3 is 2.73 bits per heavy atom. The quantitative estimate of drug-likeness (QED) is 0.799. The van der Waals surface area contributed by atoms with E-state index in [2.05, 4.69) is 4.98 Å². The van der Waals surface area contributed by atoms with Gasteiger partial charge in [0.2, 0.25) is 0 Å². The number of nitriles is 2. The molecular weight excluding hydrogens is 186 g/mol. The highest BCUT2D eigenvalue weighted by molar-refractivity contribution is 5.79. The van der Waals surface area contributed by atoms with E-state index >= 15 is 0 Å². The van der Waals surface area contributed by atoms with Crippen molar-refractivity contribution in [3.63, 3.8) is 0 Å². The number of hydrogen-bond acceptors (Lipinski definition) is 2. The van der Waals surface area contributed by atoms with Gasteiger partial charge in [-0.3, -0.25) is 0 Å². The Hall–Kier alpha value is -2.26. The summed E-state index contributed by atoms with van der Waals surface area (Å²) in [5, 5.41) is 18.5. The second kappa shape index (κ2) is 3.86. The Morgan fingerprint density at radius 2 is 2.00 bits per heavy atom. The monoisotopic (exact) mass is 195 g/mol. The Balaban J connectivity index is 2.30. The predicted octanol–water partition coefficient (Wildman–Crippen LogP) is 2.37. The van der Waals surface area contributed by atoms with E-state index in [1.807, 2.05) is 42.6 Å². The second-order valence-electron chi connectivity index (χ2n) is 3.41. The summed E-state index contributed by atoms with van der Waals surface area (Å²) in [5.74, 6) is -0.558. The van der Waals surface area contributed by atoms with Crippen molar-refractivity contribution in [2.75, 3.05) is 0 Å². The smallest absolute Gasteiger partial charge is 0.137 e. The number of nitrogens with zero attached hydrogens (tertiary/aromatic N) is 2. The van der Waals surface area contributed by atoms with Crippen LogP contribution in [0.1, 0.15) is 5.56 Å². The zero-order valence-corrected chi connectivity index (χ0v) is 8.07. The predicted molar refractivity (Wildman–Crippen MR) is 56.7 cm³/mol. The maximum Gasteiger partial charge on any atom is 0.137 e. The molecule has 0 atom stereocenters. The number of benzene rings is 1. The fourth-order valence-corrected chi connectivity index (χ4v) is 1.58. The van der Waals surface area contributed by atoms with Gasteiger partial charge in [-0.1, -0.05) is 12.1 Å². The molecule has 1 aromatic heterocycles. The number of aromatic nitrogens is 1. The van der Waals surface area contributed by atoms with Crippen molar-refractivity contribution in [2.45, 2.75) is 6.42 Å². The fraction of sp³-hybridized carbons (Fsp3) is 0.167. The molecule has 0 saturated heterocycles. The SMILES string of the molecule is N#CC(C#N)Cc1ccc2cc[nH]c2c1. The molecule has 0 fully saturated rings. The topological polar surface area (TPSA) is 63.4 Å². The highest BCUT2D eigenvalue weighted by atomic mass is 14.7. The van der Waals surface area contributed by atoms with Crippen molar-refractivity contribution >= 4 is 10.9 Å². The molecule has 1 heterocycles. The van der Waals surface area contributed by atoms with Gasteiger partial charge < -0.3 is 4.98 Å². The van der Waals surface area contributed by atoms with Crippen LogP contribution in [0.25, 0.3) is 10.9 Å². The summed E-state index contributed by atoms with van der Waals surface area (Å²) in [5.41, 5.74) is 2.06. The third-order valence-corrected chi connectivity index (χ3v) is 2.37. The molecule has 2 aromatic rings. The minimum absolute atomic E-state index is 0.488. The molecule has 0 spiro atoms. The average molecular weight is 195 g/mol. The maximum absolute atomic E-state index is 8.68. The lowest BCUT2D eigenvalue weighted by Gasteiger charge is -2.00. The summed E-state index contributed by atoms with van der Waals surface area (Å²) in [6, 6.07) is 11.9. The van der Waals surface area contributed by atoms with Crippen molar-refractivity contribution in [3.05, 3.63) is 36.0 Å².